The highest BCUT2D eigenvalue weighted by Gasteiger charge is 2.22. The Bertz CT molecular complexity index is 1300. The molecule has 0 saturated carbocycles. The number of nitrogens with two attached hydrogens (primary N) is 1. The molecule has 8 nitrogen and oxygen atoms in total. The zero-order chi connectivity index (χ0) is 22.3. The van der Waals surface area contributed by atoms with Crippen LogP contribution in [0.3, 0.4) is 0 Å². The number of fused-ring (bicyclic) bond motifs is 2. The number of hydrogen-bond acceptors (Lipinski definition) is 6. The fourth-order valence-corrected chi connectivity index (χ4v) is 3.50. The number of amides is 1. The van der Waals surface area contributed by atoms with Gasteiger partial charge in [0.25, 0.3) is 0 Å². The normalized spacial score (nSPS) is 13.5. The molecule has 0 aliphatic rings. The van der Waals surface area contributed by atoms with Crippen molar-refractivity contribution < 1.29 is 14.3 Å². The lowest BCUT2D eigenvalue weighted by Crippen LogP contribution is -2.34. The summed E-state index contributed by atoms with van der Waals surface area (Å²) < 4.78 is 15.2. The van der Waals surface area contributed by atoms with Gasteiger partial charge in [0.1, 0.15) is 11.6 Å². The second-order valence-corrected chi connectivity index (χ2v) is 7.68. The number of pyridine rings is 1. The lowest BCUT2D eigenvalue weighted by atomic mass is 10.1. The molecule has 4 N–H and O–H groups in total. The van der Waals surface area contributed by atoms with Gasteiger partial charge in [0.05, 0.1) is 36.0 Å². The molecule has 4 rings (SSSR count). The molecule has 2 unspecified atom stereocenters. The number of hydrogen-bond donors (Lipinski definition) is 3. The summed E-state index contributed by atoms with van der Waals surface area (Å²) in [5, 5.41) is 17.1. The second kappa shape index (κ2) is 7.92. The van der Waals surface area contributed by atoms with Crippen LogP contribution in [0.25, 0.3) is 27.7 Å². The number of rotatable bonds is 5. The average molecular weight is 422 g/mol. The number of nitrogens with one attached hydrogen (secondary N) is 1. The monoisotopic (exact) mass is 422 g/mol. The highest BCUT2D eigenvalue weighted by atomic mass is 19.1. The standard InChI is InChI=1S/C22H23FN6O2/c1-11(10-30)22(31)27-13(3)19-12(2)20(24)29-21(28-19)17(9-26-29)15-6-14-7-16(23)4-5-18(14)25-8-15/h4-9,11,13,30H,10,24H2,1-3H3,(H,27,31). The van der Waals surface area contributed by atoms with Crippen molar-refractivity contribution in [1.82, 2.24) is 24.9 Å². The summed E-state index contributed by atoms with van der Waals surface area (Å²) in [5.74, 6) is -0.738. The number of anilines is 1. The van der Waals surface area contributed by atoms with E-state index in [1.807, 2.05) is 19.9 Å². The fraction of sp³-hybridized carbons (Fsp3) is 0.273. The molecule has 0 saturated heterocycles. The first-order chi connectivity index (χ1) is 14.8. The largest absolute Gasteiger partial charge is 0.396 e. The Balaban J connectivity index is 1.81. The molecule has 2 atom stereocenters. The van der Waals surface area contributed by atoms with Crippen molar-refractivity contribution in [2.24, 2.45) is 5.92 Å². The molecular weight excluding hydrogens is 399 g/mol. The third-order valence-electron chi connectivity index (χ3n) is 5.41. The number of aliphatic hydroxyl groups excluding tert-OH is 1. The van der Waals surface area contributed by atoms with Gasteiger partial charge in [-0.05, 0) is 38.1 Å². The van der Waals surface area contributed by atoms with Crippen LogP contribution in [0.1, 0.15) is 31.1 Å². The van der Waals surface area contributed by atoms with E-state index in [0.29, 0.717) is 39.2 Å². The number of benzene rings is 1. The van der Waals surface area contributed by atoms with Crippen molar-refractivity contribution in [1.29, 1.82) is 0 Å². The van der Waals surface area contributed by atoms with Gasteiger partial charge >= 0.3 is 0 Å². The van der Waals surface area contributed by atoms with E-state index in [1.54, 1.807) is 25.4 Å². The molecule has 160 valence electrons. The van der Waals surface area contributed by atoms with Crippen LogP contribution in [-0.2, 0) is 4.79 Å². The van der Waals surface area contributed by atoms with Gasteiger partial charge in [0.15, 0.2) is 5.65 Å². The van der Waals surface area contributed by atoms with Gasteiger partial charge in [-0.25, -0.2) is 9.37 Å². The van der Waals surface area contributed by atoms with Crippen LogP contribution in [0.2, 0.25) is 0 Å². The van der Waals surface area contributed by atoms with Crippen LogP contribution in [0, 0.1) is 18.7 Å². The number of nitrogen functional groups attached to an aromatic ring is 1. The molecule has 0 bridgehead atoms. The smallest absolute Gasteiger partial charge is 0.225 e. The Kier molecular flexibility index (Phi) is 5.28. The molecule has 4 aromatic rings. The molecule has 0 aliphatic carbocycles. The van der Waals surface area contributed by atoms with Crippen molar-refractivity contribution in [3.8, 4) is 11.1 Å². The van der Waals surface area contributed by atoms with Crippen LogP contribution >= 0.6 is 0 Å². The Morgan fingerprint density at radius 3 is 2.81 bits per heavy atom. The van der Waals surface area contributed by atoms with Gasteiger partial charge in [-0.3, -0.25) is 9.78 Å². The zero-order valence-corrected chi connectivity index (χ0v) is 17.4. The molecule has 0 aliphatic heterocycles. The number of halogens is 1. The highest BCUT2D eigenvalue weighted by molar-refractivity contribution is 5.87. The summed E-state index contributed by atoms with van der Waals surface area (Å²) in [6.07, 6.45) is 3.32. The van der Waals surface area contributed by atoms with E-state index in [1.165, 1.54) is 16.6 Å². The van der Waals surface area contributed by atoms with Gasteiger partial charge in [0, 0.05) is 28.3 Å². The number of aromatic nitrogens is 4. The van der Waals surface area contributed by atoms with Gasteiger partial charge in [-0.2, -0.15) is 9.61 Å². The maximum Gasteiger partial charge on any atom is 0.225 e. The minimum Gasteiger partial charge on any atom is -0.396 e. The van der Waals surface area contributed by atoms with Crippen molar-refractivity contribution in [3.05, 3.63) is 53.7 Å². The van der Waals surface area contributed by atoms with E-state index < -0.39 is 12.0 Å². The van der Waals surface area contributed by atoms with Crippen LogP contribution in [0.5, 0.6) is 0 Å². The zero-order valence-electron chi connectivity index (χ0n) is 17.4. The minimum absolute atomic E-state index is 0.242. The molecule has 31 heavy (non-hydrogen) atoms. The number of carbonyl (C=O) groups excluding carboxylic acids is 1. The van der Waals surface area contributed by atoms with Gasteiger partial charge in [-0.15, -0.1) is 0 Å². The first-order valence-corrected chi connectivity index (χ1v) is 9.90. The summed E-state index contributed by atoms with van der Waals surface area (Å²) in [6, 6.07) is 5.82. The van der Waals surface area contributed by atoms with E-state index in [-0.39, 0.29) is 18.3 Å². The molecule has 9 heteroatoms. The van der Waals surface area contributed by atoms with Gasteiger partial charge in [-0.1, -0.05) is 6.92 Å². The Morgan fingerprint density at radius 1 is 1.29 bits per heavy atom. The van der Waals surface area contributed by atoms with Crippen molar-refractivity contribution in [3.63, 3.8) is 0 Å². The van der Waals surface area contributed by atoms with Gasteiger partial charge < -0.3 is 16.2 Å². The molecule has 1 aromatic carbocycles. The molecule has 3 aromatic heterocycles. The first-order valence-electron chi connectivity index (χ1n) is 9.90. The average Bonchev–Trinajstić information content (AvgIpc) is 3.19. The molecule has 1 amide bonds. The van der Waals surface area contributed by atoms with E-state index in [2.05, 4.69) is 15.4 Å². The Morgan fingerprint density at radius 2 is 2.06 bits per heavy atom. The summed E-state index contributed by atoms with van der Waals surface area (Å²) in [4.78, 5) is 21.4. The fourth-order valence-electron chi connectivity index (χ4n) is 3.50. The number of carbonyl (C=O) groups is 1. The highest BCUT2D eigenvalue weighted by Crippen LogP contribution is 2.30. The number of aliphatic hydroxyl groups is 1. The molecule has 0 radical (unpaired) electrons. The van der Waals surface area contributed by atoms with E-state index in [9.17, 15) is 14.3 Å². The molecule has 0 spiro atoms. The predicted octanol–water partition coefficient (Wildman–Crippen LogP) is 2.78. The second-order valence-electron chi connectivity index (χ2n) is 7.68. The van der Waals surface area contributed by atoms with Crippen LogP contribution in [0.4, 0.5) is 10.2 Å². The maximum absolute atomic E-state index is 13.7. The van der Waals surface area contributed by atoms with Crippen molar-refractivity contribution in [2.45, 2.75) is 26.8 Å². The van der Waals surface area contributed by atoms with Crippen LogP contribution in [-0.4, -0.2) is 37.2 Å². The lowest BCUT2D eigenvalue weighted by Gasteiger charge is -2.19. The Labute approximate surface area is 177 Å². The molecule has 0 fully saturated rings. The Hall–Kier alpha value is -3.59. The predicted molar refractivity (Wildman–Crippen MR) is 116 cm³/mol. The molecule has 3 heterocycles. The van der Waals surface area contributed by atoms with E-state index >= 15 is 0 Å². The first kappa shape index (κ1) is 20.7. The number of nitrogens with zero attached hydrogens (tertiary/aromatic N) is 4. The van der Waals surface area contributed by atoms with Crippen LogP contribution < -0.4 is 11.1 Å². The third-order valence-corrected chi connectivity index (χ3v) is 5.41. The van der Waals surface area contributed by atoms with E-state index in [4.69, 9.17) is 10.7 Å². The lowest BCUT2D eigenvalue weighted by molar-refractivity contribution is -0.126. The van der Waals surface area contributed by atoms with E-state index in [0.717, 1.165) is 5.56 Å². The topological polar surface area (TPSA) is 118 Å². The summed E-state index contributed by atoms with van der Waals surface area (Å²) >= 11 is 0. The summed E-state index contributed by atoms with van der Waals surface area (Å²) in [5.41, 5.74) is 10.2. The van der Waals surface area contributed by atoms with Crippen molar-refractivity contribution in [2.75, 3.05) is 12.3 Å². The SMILES string of the molecule is Cc1c(C(C)NC(=O)C(C)CO)nc2c(-c3cnc4ccc(F)cc4c3)cnn2c1N. The summed E-state index contributed by atoms with van der Waals surface area (Å²) in [6.45, 7) is 5.03. The summed E-state index contributed by atoms with van der Waals surface area (Å²) in [7, 11) is 0. The van der Waals surface area contributed by atoms with Crippen LogP contribution in [0.15, 0.2) is 36.7 Å². The van der Waals surface area contributed by atoms with Gasteiger partial charge in [0.2, 0.25) is 5.91 Å². The maximum atomic E-state index is 13.7. The third kappa shape index (κ3) is 3.68. The van der Waals surface area contributed by atoms with Crippen molar-refractivity contribution >= 4 is 28.3 Å². The minimum atomic E-state index is -0.529. The quantitative estimate of drug-likeness (QED) is 0.455. The molecular formula is C22H23FN6O2.